The first-order valence-electron chi connectivity index (χ1n) is 3.87. The van der Waals surface area contributed by atoms with Crippen LogP contribution < -0.4 is 11.1 Å². The molecule has 0 heterocycles. The molecule has 0 aliphatic heterocycles. The van der Waals surface area contributed by atoms with Crippen LogP contribution in [0.25, 0.3) is 0 Å². The summed E-state index contributed by atoms with van der Waals surface area (Å²) in [4.78, 5) is 10.3. The molecule has 0 saturated carbocycles. The number of nitrogens with two attached hydrogens (primary N) is 1. The third-order valence-corrected chi connectivity index (χ3v) is 1.27. The van der Waals surface area contributed by atoms with Gasteiger partial charge in [0.1, 0.15) is 0 Å². The maximum absolute atomic E-state index is 10.3. The number of allylic oxidation sites excluding steroid dienone is 1. The Bertz CT molecular complexity index is 132. The van der Waals surface area contributed by atoms with Crippen molar-refractivity contribution >= 4 is 5.91 Å². The van der Waals surface area contributed by atoms with E-state index < -0.39 is 0 Å². The van der Waals surface area contributed by atoms with Gasteiger partial charge in [0.2, 0.25) is 5.91 Å². The van der Waals surface area contributed by atoms with Crippen molar-refractivity contribution in [2.45, 2.75) is 19.8 Å². The predicted octanol–water partition coefficient (Wildman–Crippen LogP) is 0.418. The van der Waals surface area contributed by atoms with Crippen LogP contribution in [0.2, 0.25) is 0 Å². The molecule has 0 bridgehead atoms. The summed E-state index contributed by atoms with van der Waals surface area (Å²) >= 11 is 0. The summed E-state index contributed by atoms with van der Waals surface area (Å²) in [6.07, 6.45) is 5.53. The average Bonchev–Trinajstić information content (AvgIpc) is 1.96. The first-order valence-corrected chi connectivity index (χ1v) is 3.87. The molecule has 0 aliphatic carbocycles. The quantitative estimate of drug-likeness (QED) is 0.432. The van der Waals surface area contributed by atoms with E-state index in [9.17, 15) is 4.79 Å². The van der Waals surface area contributed by atoms with E-state index in [0.29, 0.717) is 13.0 Å². The Hall–Kier alpha value is -0.830. The van der Waals surface area contributed by atoms with Gasteiger partial charge in [-0.2, -0.15) is 0 Å². The predicted molar refractivity (Wildman–Crippen MR) is 46.1 cm³/mol. The fourth-order valence-corrected chi connectivity index (χ4v) is 0.689. The molecular weight excluding hydrogens is 140 g/mol. The van der Waals surface area contributed by atoms with Crippen molar-refractivity contribution in [2.75, 3.05) is 13.1 Å². The molecule has 0 atom stereocenters. The summed E-state index contributed by atoms with van der Waals surface area (Å²) in [5, 5.41) is 3.10. The van der Waals surface area contributed by atoms with Crippen molar-refractivity contribution in [1.29, 1.82) is 0 Å². The van der Waals surface area contributed by atoms with Gasteiger partial charge in [0.25, 0.3) is 0 Å². The molecule has 0 aliphatic rings. The molecule has 0 fully saturated rings. The summed E-state index contributed by atoms with van der Waals surface area (Å²) in [7, 11) is 0. The van der Waals surface area contributed by atoms with Crippen molar-refractivity contribution in [3.8, 4) is 0 Å². The Morgan fingerprint density at radius 3 is 2.82 bits per heavy atom. The number of primary amides is 1. The first kappa shape index (κ1) is 10.2. The summed E-state index contributed by atoms with van der Waals surface area (Å²) in [6, 6.07) is 0. The van der Waals surface area contributed by atoms with Gasteiger partial charge in [-0.3, -0.25) is 4.79 Å². The molecule has 3 nitrogen and oxygen atoms in total. The Labute approximate surface area is 67.7 Å². The van der Waals surface area contributed by atoms with Gasteiger partial charge in [-0.1, -0.05) is 12.2 Å². The number of nitrogens with one attached hydrogen (secondary N) is 1. The second kappa shape index (κ2) is 7.28. The average molecular weight is 156 g/mol. The lowest BCUT2D eigenvalue weighted by atomic mass is 10.3. The number of hydrogen-bond acceptors (Lipinski definition) is 2. The minimum absolute atomic E-state index is 0.247. The van der Waals surface area contributed by atoms with Crippen LogP contribution in [0.15, 0.2) is 12.2 Å². The van der Waals surface area contributed by atoms with Crippen LogP contribution in [0.1, 0.15) is 19.8 Å². The van der Waals surface area contributed by atoms with Crippen LogP contribution in [0.5, 0.6) is 0 Å². The second-order valence-electron chi connectivity index (χ2n) is 2.32. The molecule has 0 radical (unpaired) electrons. The van der Waals surface area contributed by atoms with Crippen LogP contribution in [-0.4, -0.2) is 19.0 Å². The molecular formula is C8H16N2O. The van der Waals surface area contributed by atoms with Crippen molar-refractivity contribution in [2.24, 2.45) is 5.73 Å². The van der Waals surface area contributed by atoms with Gasteiger partial charge in [0.15, 0.2) is 0 Å². The molecule has 0 rings (SSSR count). The highest BCUT2D eigenvalue weighted by Gasteiger charge is 1.90. The molecule has 3 N–H and O–H groups in total. The Morgan fingerprint density at radius 1 is 1.55 bits per heavy atom. The fraction of sp³-hybridized carbons (Fsp3) is 0.625. The number of carbonyl (C=O) groups is 1. The van der Waals surface area contributed by atoms with Crippen LogP contribution in [-0.2, 0) is 4.79 Å². The number of rotatable bonds is 6. The molecule has 0 spiro atoms. The van der Waals surface area contributed by atoms with Gasteiger partial charge in [-0.15, -0.1) is 0 Å². The molecule has 0 aromatic heterocycles. The molecule has 1 amide bonds. The molecule has 64 valence electrons. The summed E-state index contributed by atoms with van der Waals surface area (Å²) in [5.74, 6) is -0.247. The van der Waals surface area contributed by atoms with Crippen LogP contribution in [0.4, 0.5) is 0 Å². The van der Waals surface area contributed by atoms with E-state index in [1.165, 1.54) is 0 Å². The molecule has 0 aromatic carbocycles. The van der Waals surface area contributed by atoms with Gasteiger partial charge in [0.05, 0.1) is 0 Å². The summed E-state index contributed by atoms with van der Waals surface area (Å²) < 4.78 is 0. The van der Waals surface area contributed by atoms with Crippen molar-refractivity contribution in [1.82, 2.24) is 5.32 Å². The van der Waals surface area contributed by atoms with E-state index in [1.807, 2.05) is 13.0 Å². The zero-order valence-corrected chi connectivity index (χ0v) is 6.97. The minimum Gasteiger partial charge on any atom is -0.370 e. The highest BCUT2D eigenvalue weighted by molar-refractivity contribution is 5.73. The largest absolute Gasteiger partial charge is 0.370 e. The smallest absolute Gasteiger partial charge is 0.218 e. The lowest BCUT2D eigenvalue weighted by Gasteiger charge is -1.98. The Kier molecular flexibility index (Phi) is 6.73. The third kappa shape index (κ3) is 9.17. The molecule has 0 saturated heterocycles. The van der Waals surface area contributed by atoms with Gasteiger partial charge < -0.3 is 11.1 Å². The summed E-state index contributed by atoms with van der Waals surface area (Å²) in [5.41, 5.74) is 4.94. The second-order valence-corrected chi connectivity index (χ2v) is 2.32. The monoisotopic (exact) mass is 156 g/mol. The zero-order valence-electron chi connectivity index (χ0n) is 6.97. The third-order valence-electron chi connectivity index (χ3n) is 1.27. The highest BCUT2D eigenvalue weighted by atomic mass is 16.1. The van der Waals surface area contributed by atoms with Crippen LogP contribution >= 0.6 is 0 Å². The molecule has 11 heavy (non-hydrogen) atoms. The molecule has 3 heteroatoms. The van der Waals surface area contributed by atoms with E-state index in [1.54, 1.807) is 0 Å². The van der Waals surface area contributed by atoms with Gasteiger partial charge in [-0.05, 0) is 19.9 Å². The standard InChI is InChI=1S/C8H16N2O/c1-2-3-4-6-10-7-5-8(9)11/h2-3,10H,4-7H2,1H3,(H2,9,11)/b3-2+. The lowest BCUT2D eigenvalue weighted by Crippen LogP contribution is -2.22. The normalized spacial score (nSPS) is 10.6. The number of hydrogen-bond donors (Lipinski definition) is 2. The highest BCUT2D eigenvalue weighted by Crippen LogP contribution is 1.79. The van der Waals surface area contributed by atoms with Gasteiger partial charge >= 0.3 is 0 Å². The molecule has 0 unspecified atom stereocenters. The lowest BCUT2D eigenvalue weighted by molar-refractivity contribution is -0.117. The Morgan fingerprint density at radius 2 is 2.27 bits per heavy atom. The zero-order chi connectivity index (χ0) is 8.53. The van der Waals surface area contributed by atoms with Gasteiger partial charge in [-0.25, -0.2) is 0 Å². The topological polar surface area (TPSA) is 55.1 Å². The number of amides is 1. The van der Waals surface area contributed by atoms with E-state index >= 15 is 0 Å². The SMILES string of the molecule is C/C=C/CCNCCC(N)=O. The maximum atomic E-state index is 10.3. The Balaban J connectivity index is 2.96. The van der Waals surface area contributed by atoms with Crippen molar-refractivity contribution in [3.05, 3.63) is 12.2 Å². The van der Waals surface area contributed by atoms with E-state index in [4.69, 9.17) is 5.73 Å². The molecule has 0 aromatic rings. The van der Waals surface area contributed by atoms with Crippen LogP contribution in [0, 0.1) is 0 Å². The van der Waals surface area contributed by atoms with Crippen LogP contribution in [0.3, 0.4) is 0 Å². The fourth-order valence-electron chi connectivity index (χ4n) is 0.689. The number of carbonyl (C=O) groups excluding carboxylic acids is 1. The first-order chi connectivity index (χ1) is 5.27. The van der Waals surface area contributed by atoms with Gasteiger partial charge in [0, 0.05) is 13.0 Å². The van der Waals surface area contributed by atoms with Crippen molar-refractivity contribution in [3.63, 3.8) is 0 Å². The summed E-state index contributed by atoms with van der Waals surface area (Å²) in [6.45, 7) is 3.59. The van der Waals surface area contributed by atoms with E-state index in [0.717, 1.165) is 13.0 Å². The van der Waals surface area contributed by atoms with E-state index in [-0.39, 0.29) is 5.91 Å². The van der Waals surface area contributed by atoms with E-state index in [2.05, 4.69) is 11.4 Å². The van der Waals surface area contributed by atoms with Crippen molar-refractivity contribution < 1.29 is 4.79 Å². The minimum atomic E-state index is -0.247. The maximum Gasteiger partial charge on any atom is 0.218 e.